The van der Waals surface area contributed by atoms with Crippen molar-refractivity contribution in [1.82, 2.24) is 14.8 Å². The molecule has 11 heteroatoms. The van der Waals surface area contributed by atoms with E-state index in [0.717, 1.165) is 22.7 Å². The zero-order valence-electron chi connectivity index (χ0n) is 13.3. The number of amides is 2. The molecule has 0 spiro atoms. The van der Waals surface area contributed by atoms with Gasteiger partial charge in [-0.2, -0.15) is 0 Å². The first-order valence-electron chi connectivity index (χ1n) is 7.43. The van der Waals surface area contributed by atoms with Gasteiger partial charge in [0.25, 0.3) is 15.9 Å². The standard InChI is InChI=1S/C14H16N4O4S3/c1-10(19)17-4-6-18(7-5-17)13(20)11-9-24-14(15-11)16-25(21,22)12-3-2-8-23-12/h2-3,8-9H,4-7H2,1H3,(H,15,16). The number of piperazine rings is 1. The van der Waals surface area contributed by atoms with Gasteiger partial charge in [-0.05, 0) is 11.4 Å². The van der Waals surface area contributed by atoms with Gasteiger partial charge in [-0.3, -0.25) is 14.3 Å². The van der Waals surface area contributed by atoms with Crippen molar-refractivity contribution in [3.8, 4) is 0 Å². The van der Waals surface area contributed by atoms with Crippen LogP contribution in [0.4, 0.5) is 5.13 Å². The number of carbonyl (C=O) groups is 2. The molecule has 0 saturated carbocycles. The number of nitrogens with one attached hydrogen (secondary N) is 1. The molecule has 1 fully saturated rings. The molecule has 2 aromatic rings. The van der Waals surface area contributed by atoms with Crippen LogP contribution in [0.3, 0.4) is 0 Å². The molecule has 0 unspecified atom stereocenters. The van der Waals surface area contributed by atoms with Crippen molar-refractivity contribution in [2.75, 3.05) is 30.9 Å². The van der Waals surface area contributed by atoms with E-state index in [0.29, 0.717) is 26.2 Å². The lowest BCUT2D eigenvalue weighted by Gasteiger charge is -2.33. The molecule has 0 atom stereocenters. The summed E-state index contributed by atoms with van der Waals surface area (Å²) in [4.78, 5) is 31.2. The number of nitrogens with zero attached hydrogens (tertiary/aromatic N) is 3. The van der Waals surface area contributed by atoms with Gasteiger partial charge in [0.1, 0.15) is 9.90 Å². The van der Waals surface area contributed by atoms with Crippen molar-refractivity contribution in [1.29, 1.82) is 0 Å². The van der Waals surface area contributed by atoms with Crippen molar-refractivity contribution in [3.63, 3.8) is 0 Å². The fraction of sp³-hybridized carbons (Fsp3) is 0.357. The third-order valence-corrected chi connectivity index (χ3v) is 7.34. The maximum atomic E-state index is 12.5. The Hall–Kier alpha value is -1.98. The second kappa shape index (κ2) is 7.10. The average molecular weight is 401 g/mol. The number of hydrogen-bond donors (Lipinski definition) is 1. The number of hydrogen-bond acceptors (Lipinski definition) is 7. The summed E-state index contributed by atoms with van der Waals surface area (Å²) in [6.45, 7) is 3.36. The van der Waals surface area contributed by atoms with Gasteiger partial charge in [-0.15, -0.1) is 22.7 Å². The van der Waals surface area contributed by atoms with Crippen LogP contribution in [0.15, 0.2) is 27.1 Å². The predicted octanol–water partition coefficient (Wildman–Crippen LogP) is 1.31. The Bertz CT molecular complexity index is 868. The second-order valence-corrected chi connectivity index (χ2v) is 9.09. The van der Waals surface area contributed by atoms with Crippen molar-refractivity contribution < 1.29 is 18.0 Å². The summed E-state index contributed by atoms with van der Waals surface area (Å²) in [7, 11) is -3.68. The van der Waals surface area contributed by atoms with E-state index in [1.54, 1.807) is 21.2 Å². The first-order valence-corrected chi connectivity index (χ1v) is 10.7. The smallest absolute Gasteiger partial charge is 0.273 e. The molecule has 134 valence electrons. The van der Waals surface area contributed by atoms with Crippen molar-refractivity contribution in [2.24, 2.45) is 0 Å². The normalized spacial score (nSPS) is 15.2. The lowest BCUT2D eigenvalue weighted by molar-refractivity contribution is -0.130. The van der Waals surface area contributed by atoms with E-state index in [4.69, 9.17) is 0 Å². The zero-order chi connectivity index (χ0) is 18.0. The van der Waals surface area contributed by atoms with Crippen molar-refractivity contribution in [2.45, 2.75) is 11.1 Å². The molecule has 1 aliphatic rings. The minimum Gasteiger partial charge on any atom is -0.339 e. The van der Waals surface area contributed by atoms with E-state index >= 15 is 0 Å². The molecule has 1 saturated heterocycles. The van der Waals surface area contributed by atoms with E-state index < -0.39 is 10.0 Å². The van der Waals surface area contributed by atoms with E-state index in [9.17, 15) is 18.0 Å². The number of carbonyl (C=O) groups excluding carboxylic acids is 2. The Morgan fingerprint density at radius 2 is 1.84 bits per heavy atom. The molecule has 3 heterocycles. The molecule has 8 nitrogen and oxygen atoms in total. The summed E-state index contributed by atoms with van der Waals surface area (Å²) in [6, 6.07) is 3.15. The van der Waals surface area contributed by atoms with Gasteiger partial charge in [-0.25, -0.2) is 13.4 Å². The second-order valence-electron chi connectivity index (χ2n) is 5.37. The monoisotopic (exact) mass is 400 g/mol. The molecule has 25 heavy (non-hydrogen) atoms. The quantitative estimate of drug-likeness (QED) is 0.834. The Kier molecular flexibility index (Phi) is 5.06. The van der Waals surface area contributed by atoms with Gasteiger partial charge < -0.3 is 9.80 Å². The summed E-state index contributed by atoms with van der Waals surface area (Å²) < 4.78 is 26.9. The third kappa shape index (κ3) is 3.99. The van der Waals surface area contributed by atoms with E-state index in [2.05, 4.69) is 9.71 Å². The topological polar surface area (TPSA) is 99.7 Å². The van der Waals surface area contributed by atoms with Crippen LogP contribution in [-0.2, 0) is 14.8 Å². The highest BCUT2D eigenvalue weighted by Gasteiger charge is 2.25. The zero-order valence-corrected chi connectivity index (χ0v) is 15.8. The summed E-state index contributed by atoms with van der Waals surface area (Å²) in [6.07, 6.45) is 0. The summed E-state index contributed by atoms with van der Waals surface area (Å²) >= 11 is 2.17. The van der Waals surface area contributed by atoms with Gasteiger partial charge >= 0.3 is 0 Å². The number of anilines is 1. The van der Waals surface area contributed by atoms with E-state index in [1.807, 2.05) is 0 Å². The van der Waals surface area contributed by atoms with Crippen LogP contribution in [0.25, 0.3) is 0 Å². The van der Waals surface area contributed by atoms with Gasteiger partial charge in [0, 0.05) is 38.5 Å². The van der Waals surface area contributed by atoms with Crippen LogP contribution in [0, 0.1) is 0 Å². The lowest BCUT2D eigenvalue weighted by atomic mass is 10.3. The summed E-state index contributed by atoms with van der Waals surface area (Å²) in [5.74, 6) is -0.271. The number of sulfonamides is 1. The molecule has 2 aromatic heterocycles. The first-order chi connectivity index (χ1) is 11.9. The molecule has 0 aromatic carbocycles. The maximum absolute atomic E-state index is 12.5. The predicted molar refractivity (Wildman–Crippen MR) is 95.4 cm³/mol. The molecule has 1 N–H and O–H groups in total. The Morgan fingerprint density at radius 3 is 2.44 bits per heavy atom. The van der Waals surface area contributed by atoms with Crippen LogP contribution in [-0.4, -0.2) is 61.2 Å². The fourth-order valence-electron chi connectivity index (χ4n) is 2.39. The largest absolute Gasteiger partial charge is 0.339 e. The van der Waals surface area contributed by atoms with Gasteiger partial charge in [0.05, 0.1) is 0 Å². The van der Waals surface area contributed by atoms with E-state index in [-0.39, 0.29) is 26.8 Å². The highest BCUT2D eigenvalue weighted by atomic mass is 32.2. The van der Waals surface area contributed by atoms with Crippen LogP contribution >= 0.6 is 22.7 Å². The third-order valence-electron chi connectivity index (χ3n) is 3.72. The Balaban J connectivity index is 1.65. The molecule has 1 aliphatic heterocycles. The summed E-state index contributed by atoms with van der Waals surface area (Å²) in [5.41, 5.74) is 0.199. The van der Waals surface area contributed by atoms with Crippen molar-refractivity contribution >= 4 is 49.6 Å². The van der Waals surface area contributed by atoms with Crippen LogP contribution in [0.2, 0.25) is 0 Å². The van der Waals surface area contributed by atoms with Gasteiger partial charge in [0.2, 0.25) is 5.91 Å². The fourth-order valence-corrected chi connectivity index (χ4v) is 5.32. The molecule has 2 amide bonds. The summed E-state index contributed by atoms with van der Waals surface area (Å²) in [5, 5.41) is 3.36. The lowest BCUT2D eigenvalue weighted by Crippen LogP contribution is -2.50. The molecule has 0 aliphatic carbocycles. The molecule has 3 rings (SSSR count). The number of aromatic nitrogens is 1. The highest BCUT2D eigenvalue weighted by Crippen LogP contribution is 2.23. The minimum absolute atomic E-state index is 0.00831. The van der Waals surface area contributed by atoms with Crippen LogP contribution in [0.5, 0.6) is 0 Å². The molecular weight excluding hydrogens is 384 g/mol. The Morgan fingerprint density at radius 1 is 1.16 bits per heavy atom. The first kappa shape index (κ1) is 17.8. The van der Waals surface area contributed by atoms with Crippen LogP contribution < -0.4 is 4.72 Å². The van der Waals surface area contributed by atoms with Gasteiger partial charge in [0.15, 0.2) is 5.13 Å². The minimum atomic E-state index is -3.68. The van der Waals surface area contributed by atoms with E-state index in [1.165, 1.54) is 18.4 Å². The van der Waals surface area contributed by atoms with Crippen LogP contribution in [0.1, 0.15) is 17.4 Å². The SMILES string of the molecule is CC(=O)N1CCN(C(=O)c2csc(NS(=O)(=O)c3cccs3)n2)CC1. The Labute approximate surface area is 153 Å². The average Bonchev–Trinajstić information content (AvgIpc) is 3.26. The number of rotatable bonds is 4. The van der Waals surface area contributed by atoms with Crippen molar-refractivity contribution in [3.05, 3.63) is 28.6 Å². The highest BCUT2D eigenvalue weighted by molar-refractivity contribution is 7.94. The van der Waals surface area contributed by atoms with Gasteiger partial charge in [-0.1, -0.05) is 6.07 Å². The molecule has 0 bridgehead atoms. The number of thiazole rings is 1. The molecular formula is C14H16N4O4S3. The number of thiophene rings is 1. The maximum Gasteiger partial charge on any atom is 0.273 e. The molecule has 0 radical (unpaired) electrons.